The lowest BCUT2D eigenvalue weighted by molar-refractivity contribution is -0.122. The molecule has 0 spiro atoms. The number of nitrogens with one attached hydrogen (secondary N) is 1. The largest absolute Gasteiger partial charge is 0.493 e. The van der Waals surface area contributed by atoms with Gasteiger partial charge in [-0.25, -0.2) is 0 Å². The Morgan fingerprint density at radius 2 is 2.00 bits per heavy atom. The first kappa shape index (κ1) is 26.3. The summed E-state index contributed by atoms with van der Waals surface area (Å²) >= 11 is 19.1. The predicted octanol–water partition coefficient (Wildman–Crippen LogP) is 6.33. The number of carbonyl (C=O) groups is 2. The van der Waals surface area contributed by atoms with E-state index in [1.807, 2.05) is 13.0 Å². The van der Waals surface area contributed by atoms with E-state index in [-0.39, 0.29) is 29.2 Å². The van der Waals surface area contributed by atoms with Gasteiger partial charge in [0.25, 0.3) is 11.8 Å². The second kappa shape index (κ2) is 11.9. The Morgan fingerprint density at radius 1 is 1.24 bits per heavy atom. The van der Waals surface area contributed by atoms with E-state index < -0.39 is 0 Å². The zero-order valence-corrected chi connectivity index (χ0v) is 22.1. The van der Waals surface area contributed by atoms with Crippen LogP contribution in [0.15, 0.2) is 35.2 Å². The number of unbranched alkanes of at least 4 members (excludes halogenated alkanes) is 1. The molecule has 0 bridgehead atoms. The van der Waals surface area contributed by atoms with Crippen molar-refractivity contribution in [2.75, 3.05) is 25.6 Å². The van der Waals surface area contributed by atoms with Gasteiger partial charge in [0.15, 0.2) is 18.1 Å². The van der Waals surface area contributed by atoms with E-state index in [0.717, 1.165) is 18.4 Å². The van der Waals surface area contributed by atoms with Crippen molar-refractivity contribution in [3.63, 3.8) is 0 Å². The lowest BCUT2D eigenvalue weighted by Gasteiger charge is -2.14. The maximum absolute atomic E-state index is 12.7. The minimum atomic E-state index is -0.377. The van der Waals surface area contributed by atoms with Crippen molar-refractivity contribution in [2.45, 2.75) is 26.7 Å². The molecule has 10 heteroatoms. The first-order chi connectivity index (χ1) is 16.2. The zero-order valence-electron chi connectivity index (χ0n) is 18.9. The highest BCUT2D eigenvalue weighted by molar-refractivity contribution is 8.26. The third kappa shape index (κ3) is 6.44. The van der Waals surface area contributed by atoms with Gasteiger partial charge in [-0.3, -0.25) is 14.5 Å². The maximum atomic E-state index is 12.7. The molecule has 0 atom stereocenters. The molecule has 0 aliphatic carbocycles. The van der Waals surface area contributed by atoms with Gasteiger partial charge in [0, 0.05) is 17.3 Å². The molecule has 0 radical (unpaired) electrons. The summed E-state index contributed by atoms with van der Waals surface area (Å²) in [4.78, 5) is 27.2. The number of halogens is 2. The van der Waals surface area contributed by atoms with Crippen molar-refractivity contribution in [2.24, 2.45) is 0 Å². The van der Waals surface area contributed by atoms with Gasteiger partial charge in [-0.05, 0) is 54.8 Å². The summed E-state index contributed by atoms with van der Waals surface area (Å²) in [7, 11) is 1.47. The van der Waals surface area contributed by atoms with Crippen LogP contribution in [0.25, 0.3) is 6.08 Å². The molecule has 1 heterocycles. The monoisotopic (exact) mass is 538 g/mol. The van der Waals surface area contributed by atoms with Crippen LogP contribution in [0.5, 0.6) is 11.5 Å². The van der Waals surface area contributed by atoms with Crippen LogP contribution in [0.3, 0.4) is 0 Å². The number of amides is 2. The Morgan fingerprint density at radius 3 is 2.68 bits per heavy atom. The molecule has 2 aromatic carbocycles. The van der Waals surface area contributed by atoms with E-state index in [1.54, 1.807) is 35.2 Å². The fourth-order valence-corrected chi connectivity index (χ4v) is 4.89. The number of thioether (sulfide) groups is 1. The highest BCUT2D eigenvalue weighted by atomic mass is 35.5. The van der Waals surface area contributed by atoms with E-state index in [9.17, 15) is 9.59 Å². The summed E-state index contributed by atoms with van der Waals surface area (Å²) < 4.78 is 11.6. The number of hydrogen-bond acceptors (Lipinski definition) is 6. The molecule has 1 aliphatic rings. The lowest BCUT2D eigenvalue weighted by atomic mass is 10.1. The molecule has 0 unspecified atom stereocenters. The molecule has 180 valence electrons. The molecule has 6 nitrogen and oxygen atoms in total. The van der Waals surface area contributed by atoms with Crippen LogP contribution in [0, 0.1) is 6.92 Å². The van der Waals surface area contributed by atoms with Crippen LogP contribution in [0.1, 0.15) is 30.9 Å². The number of nitrogens with zero attached hydrogens (tertiary/aromatic N) is 1. The Bertz CT molecular complexity index is 1150. The Balaban J connectivity index is 1.71. The van der Waals surface area contributed by atoms with Crippen molar-refractivity contribution in [3.05, 3.63) is 56.4 Å². The number of benzene rings is 2. The maximum Gasteiger partial charge on any atom is 0.266 e. The second-order valence-electron chi connectivity index (χ2n) is 7.52. The molecule has 1 aliphatic heterocycles. The van der Waals surface area contributed by atoms with Gasteiger partial charge >= 0.3 is 0 Å². The number of anilines is 1. The molecule has 2 amide bonds. The van der Waals surface area contributed by atoms with Crippen LogP contribution in [0.4, 0.5) is 5.69 Å². The smallest absolute Gasteiger partial charge is 0.266 e. The highest BCUT2D eigenvalue weighted by Crippen LogP contribution is 2.39. The van der Waals surface area contributed by atoms with Gasteiger partial charge < -0.3 is 14.8 Å². The normalized spacial score (nSPS) is 14.6. The molecule has 1 saturated heterocycles. The average molecular weight is 540 g/mol. The van der Waals surface area contributed by atoms with E-state index >= 15 is 0 Å². The standard InChI is InChI=1S/C24H24Cl2N2O4S2/c1-4-5-8-28-23(30)20(34-24(28)33)11-15-9-18(26)22(19(10-15)31-3)32-13-21(29)27-16-7-6-14(2)17(25)12-16/h6-7,9-12H,4-5,8,13H2,1-3H3,(H,27,29)/b20-11-. The summed E-state index contributed by atoms with van der Waals surface area (Å²) in [6.07, 6.45) is 3.58. The van der Waals surface area contributed by atoms with Gasteiger partial charge in [-0.15, -0.1) is 0 Å². The molecule has 0 aromatic heterocycles. The number of methoxy groups -OCH3 is 1. The van der Waals surface area contributed by atoms with Gasteiger partial charge in [-0.1, -0.05) is 66.6 Å². The molecule has 2 aromatic rings. The summed E-state index contributed by atoms with van der Waals surface area (Å²) in [6.45, 7) is 4.26. The van der Waals surface area contributed by atoms with E-state index in [4.69, 9.17) is 44.9 Å². The van der Waals surface area contributed by atoms with E-state index in [2.05, 4.69) is 12.2 Å². The molecular formula is C24H24Cl2N2O4S2. The first-order valence-corrected chi connectivity index (χ1v) is 12.5. The Hall–Kier alpha value is -2.26. The van der Waals surface area contributed by atoms with Crippen molar-refractivity contribution >= 4 is 75.1 Å². The number of hydrogen-bond donors (Lipinski definition) is 1. The third-order valence-corrected chi connectivity index (χ3v) is 7.03. The van der Waals surface area contributed by atoms with Crippen molar-refractivity contribution < 1.29 is 19.1 Å². The highest BCUT2D eigenvalue weighted by Gasteiger charge is 2.31. The SMILES string of the molecule is CCCCN1C(=O)/C(=C/c2cc(Cl)c(OCC(=O)Nc3ccc(C)c(Cl)c3)c(OC)c2)SC1=S. The number of thiocarbonyl (C=S) groups is 1. The molecule has 3 rings (SSSR count). The fraction of sp³-hybridized carbons (Fsp3) is 0.292. The zero-order chi connectivity index (χ0) is 24.8. The van der Waals surface area contributed by atoms with Crippen molar-refractivity contribution in [1.82, 2.24) is 4.90 Å². The fourth-order valence-electron chi connectivity index (χ4n) is 3.13. The van der Waals surface area contributed by atoms with Gasteiger partial charge in [-0.2, -0.15) is 0 Å². The van der Waals surface area contributed by atoms with Crippen LogP contribution in [-0.2, 0) is 9.59 Å². The number of carbonyl (C=O) groups excluding carboxylic acids is 2. The predicted molar refractivity (Wildman–Crippen MR) is 143 cm³/mol. The van der Waals surface area contributed by atoms with E-state index in [1.165, 1.54) is 18.9 Å². The quantitative estimate of drug-likeness (QED) is 0.297. The first-order valence-electron chi connectivity index (χ1n) is 10.5. The number of ether oxygens (including phenoxy) is 2. The Kier molecular flexibility index (Phi) is 9.24. The van der Waals surface area contributed by atoms with Gasteiger partial charge in [0.2, 0.25) is 0 Å². The Labute approximate surface area is 218 Å². The lowest BCUT2D eigenvalue weighted by Crippen LogP contribution is -2.28. The summed E-state index contributed by atoms with van der Waals surface area (Å²) in [5, 5.41) is 3.53. The van der Waals surface area contributed by atoms with Crippen LogP contribution < -0.4 is 14.8 Å². The summed E-state index contributed by atoms with van der Waals surface area (Å²) in [6, 6.07) is 8.58. The third-order valence-electron chi connectivity index (χ3n) is 4.96. The van der Waals surface area contributed by atoms with Crippen LogP contribution in [-0.4, -0.2) is 41.3 Å². The van der Waals surface area contributed by atoms with E-state index in [0.29, 0.717) is 37.8 Å². The molecule has 0 saturated carbocycles. The molecule has 1 N–H and O–H groups in total. The van der Waals surface area contributed by atoms with Gasteiger partial charge in [0.05, 0.1) is 17.0 Å². The van der Waals surface area contributed by atoms with Gasteiger partial charge in [0.1, 0.15) is 4.32 Å². The molecule has 34 heavy (non-hydrogen) atoms. The van der Waals surface area contributed by atoms with Crippen LogP contribution >= 0.6 is 47.2 Å². The number of rotatable bonds is 9. The minimum Gasteiger partial charge on any atom is -0.493 e. The summed E-state index contributed by atoms with van der Waals surface area (Å²) in [5.41, 5.74) is 2.13. The minimum absolute atomic E-state index is 0.119. The van der Waals surface area contributed by atoms with Crippen LogP contribution in [0.2, 0.25) is 10.0 Å². The molecular weight excluding hydrogens is 515 g/mol. The molecule has 1 fully saturated rings. The second-order valence-corrected chi connectivity index (χ2v) is 10.0. The number of aryl methyl sites for hydroxylation is 1. The van der Waals surface area contributed by atoms with Crippen molar-refractivity contribution in [3.8, 4) is 11.5 Å². The van der Waals surface area contributed by atoms with Crippen molar-refractivity contribution in [1.29, 1.82) is 0 Å². The summed E-state index contributed by atoms with van der Waals surface area (Å²) in [5.74, 6) is 0.0740. The average Bonchev–Trinajstić information content (AvgIpc) is 3.05. The topological polar surface area (TPSA) is 67.9 Å².